The van der Waals surface area contributed by atoms with E-state index in [-0.39, 0.29) is 23.7 Å². The number of fused-ring (bicyclic) bond motifs is 7. The van der Waals surface area contributed by atoms with Crippen LogP contribution in [0.4, 0.5) is 0 Å². The zero-order chi connectivity index (χ0) is 50.2. The number of carbonyl (C=O) groups is 3. The monoisotopic (exact) mass is 970 g/mol. The maximum Gasteiger partial charge on any atom is 0.335 e. The van der Waals surface area contributed by atoms with Crippen LogP contribution in [0.2, 0.25) is 0 Å². The largest absolute Gasteiger partial charge is 0.481 e. The van der Waals surface area contributed by atoms with Crippen molar-refractivity contribution in [3.05, 3.63) is 11.6 Å². The fourth-order valence-corrected chi connectivity index (χ4v) is 15.0. The van der Waals surface area contributed by atoms with Crippen LogP contribution < -0.4 is 0 Å². The second kappa shape index (κ2) is 17.7. The second-order valence-corrected chi connectivity index (χ2v) is 23.4. The molecular formula is C48H74O20. The molecule has 5 aliphatic carbocycles. The Bertz CT molecular complexity index is 1980. The fraction of sp³-hybridized carbons (Fsp3) is 0.896. The van der Waals surface area contributed by atoms with Crippen LogP contribution in [0.25, 0.3) is 0 Å². The van der Waals surface area contributed by atoms with E-state index in [1.807, 2.05) is 6.92 Å². The van der Waals surface area contributed by atoms with Crippen LogP contribution in [-0.2, 0) is 42.8 Å². The first kappa shape index (κ1) is 51.9. The van der Waals surface area contributed by atoms with E-state index < -0.39 is 155 Å². The maximum atomic E-state index is 15.2. The summed E-state index contributed by atoms with van der Waals surface area (Å²) in [7, 11) is 0. The molecule has 0 aromatic carbocycles. The minimum atomic E-state index is -1.99. The zero-order valence-corrected chi connectivity index (χ0v) is 40.1. The highest BCUT2D eigenvalue weighted by Gasteiger charge is 2.73. The molecule has 3 saturated heterocycles. The molecule has 0 aromatic heterocycles. The molecule has 20 heteroatoms. The zero-order valence-electron chi connectivity index (χ0n) is 40.1. The molecule has 0 amide bonds. The van der Waals surface area contributed by atoms with Gasteiger partial charge in [-0.15, -0.1) is 0 Å². The molecule has 8 rings (SSSR count). The summed E-state index contributed by atoms with van der Waals surface area (Å²) in [6.45, 7) is 15.3. The van der Waals surface area contributed by atoms with Crippen molar-refractivity contribution in [2.75, 3.05) is 0 Å². The SMILES string of the molecule is C[C@@H]1O[C@@H](O[C@H]2[C@H](OC(=O)[C@]34CCC(C)(C)CC3C3=CCC5[C@@]6(C)C[C@H](O)[C@H](O[C@@H]7O[C@H](C(=O)O)[C@@H](O)[C@H](O)[C@H]7O)[C@@](C)(C(=O)O)C6CC[C@@]5(C)[C@]3(C)CC4)O[C@H](C)[C@H](O)[C@@H]2O)[C@H](O)[C@H](O)[C@H]1O. The summed E-state index contributed by atoms with van der Waals surface area (Å²) in [6.07, 6.45) is -21.0. The van der Waals surface area contributed by atoms with E-state index >= 15 is 4.79 Å². The van der Waals surface area contributed by atoms with E-state index in [1.165, 1.54) is 20.8 Å². The number of aliphatic hydroxyl groups is 9. The van der Waals surface area contributed by atoms with Gasteiger partial charge >= 0.3 is 17.9 Å². The summed E-state index contributed by atoms with van der Waals surface area (Å²) in [5.74, 6) is -4.58. The third kappa shape index (κ3) is 7.72. The van der Waals surface area contributed by atoms with Gasteiger partial charge in [-0.25, -0.2) is 4.79 Å². The van der Waals surface area contributed by atoms with E-state index in [9.17, 15) is 65.8 Å². The van der Waals surface area contributed by atoms with Gasteiger partial charge in [0.2, 0.25) is 6.29 Å². The lowest BCUT2D eigenvalue weighted by Gasteiger charge is -2.71. The van der Waals surface area contributed by atoms with E-state index in [0.29, 0.717) is 51.4 Å². The van der Waals surface area contributed by atoms with Crippen molar-refractivity contribution in [3.63, 3.8) is 0 Å². The van der Waals surface area contributed by atoms with Crippen molar-refractivity contribution in [1.82, 2.24) is 0 Å². The second-order valence-electron chi connectivity index (χ2n) is 23.4. The summed E-state index contributed by atoms with van der Waals surface area (Å²) < 4.78 is 35.4. The minimum Gasteiger partial charge on any atom is -0.481 e. The van der Waals surface area contributed by atoms with Crippen molar-refractivity contribution >= 4 is 17.9 Å². The van der Waals surface area contributed by atoms with Crippen LogP contribution in [0.5, 0.6) is 0 Å². The lowest BCUT2D eigenvalue weighted by molar-refractivity contribution is -0.358. The first-order valence-electron chi connectivity index (χ1n) is 24.3. The van der Waals surface area contributed by atoms with Crippen molar-refractivity contribution in [1.29, 1.82) is 0 Å². The van der Waals surface area contributed by atoms with Gasteiger partial charge in [-0.05, 0) is 118 Å². The van der Waals surface area contributed by atoms with Gasteiger partial charge in [-0.2, -0.15) is 0 Å². The van der Waals surface area contributed by atoms with Gasteiger partial charge in [0, 0.05) is 0 Å². The number of carbonyl (C=O) groups excluding carboxylic acids is 1. The standard InChI is InChI=1S/C48H74O20/c1-19-26(50)28(52)32(56)38(63-19)66-35-30(54)27(51)20(2)64-40(35)68-42(62)48-15-13-43(3,4)17-22(48)21-9-10-24-44(5)18-23(49)36(67-39-33(57)29(53)31(55)34(65-39)37(58)59)47(8,41(60)61)25(44)11-12-46(24,7)45(21,6)14-16-48/h9,19-20,22-36,38-40,49-57H,10-18H2,1-8H3,(H,58,59)(H,60,61)/t19-,20+,22?,23-,24?,25?,26-,27-,28+,29-,30-,31-,32+,33+,34-,35+,36-,38-,39-,40-,44+,45+,46+,47-,48-/m0/s1. The van der Waals surface area contributed by atoms with E-state index in [2.05, 4.69) is 33.8 Å². The van der Waals surface area contributed by atoms with Crippen molar-refractivity contribution in [2.45, 2.75) is 218 Å². The Kier molecular flexibility index (Phi) is 13.5. The molecule has 7 fully saturated rings. The van der Waals surface area contributed by atoms with Gasteiger partial charge in [0.15, 0.2) is 24.8 Å². The molecule has 0 radical (unpaired) electrons. The topological polar surface area (TPSA) is 329 Å². The first-order chi connectivity index (χ1) is 31.5. The highest BCUT2D eigenvalue weighted by atomic mass is 16.8. The molecule has 3 unspecified atom stereocenters. The van der Waals surface area contributed by atoms with Crippen molar-refractivity contribution in [2.24, 2.45) is 50.2 Å². The summed E-state index contributed by atoms with van der Waals surface area (Å²) in [4.78, 5) is 40.7. The van der Waals surface area contributed by atoms with Crippen LogP contribution in [0.1, 0.15) is 113 Å². The molecule has 25 atom stereocenters. The van der Waals surface area contributed by atoms with Crippen LogP contribution in [0, 0.1) is 50.2 Å². The predicted molar refractivity (Wildman–Crippen MR) is 231 cm³/mol. The Hall–Kier alpha value is -2.41. The Morgan fingerprint density at radius 3 is 1.82 bits per heavy atom. The molecular weight excluding hydrogens is 897 g/mol. The quantitative estimate of drug-likeness (QED) is 0.0887. The number of hydrogen-bond acceptors (Lipinski definition) is 18. The van der Waals surface area contributed by atoms with Crippen molar-refractivity contribution in [3.8, 4) is 0 Å². The predicted octanol–water partition coefficient (Wildman–Crippen LogP) is 0.324. The summed E-state index contributed by atoms with van der Waals surface area (Å²) in [6, 6.07) is 0. The van der Waals surface area contributed by atoms with Crippen LogP contribution in [-0.4, -0.2) is 178 Å². The molecule has 0 spiro atoms. The number of esters is 1. The molecule has 11 N–H and O–H groups in total. The maximum absolute atomic E-state index is 15.2. The van der Waals surface area contributed by atoms with Crippen LogP contribution >= 0.6 is 0 Å². The van der Waals surface area contributed by atoms with Gasteiger partial charge in [0.05, 0.1) is 29.1 Å². The van der Waals surface area contributed by atoms with Gasteiger partial charge < -0.3 is 84.6 Å². The molecule has 8 aliphatic rings. The van der Waals surface area contributed by atoms with Crippen LogP contribution in [0.15, 0.2) is 11.6 Å². The van der Waals surface area contributed by atoms with Crippen molar-refractivity contribution < 1.29 is 99.0 Å². The molecule has 3 aliphatic heterocycles. The Balaban J connectivity index is 1.09. The summed E-state index contributed by atoms with van der Waals surface area (Å²) in [5, 5.41) is 118. The molecule has 0 aromatic rings. The van der Waals surface area contributed by atoms with E-state index in [4.69, 9.17) is 28.4 Å². The Labute approximate surface area is 395 Å². The number of ether oxygens (including phenoxy) is 6. The third-order valence-electron chi connectivity index (χ3n) is 19.3. The highest BCUT2D eigenvalue weighted by Crippen LogP contribution is 2.76. The summed E-state index contributed by atoms with van der Waals surface area (Å²) in [5.41, 5.74) is -3.76. The molecule has 0 bridgehead atoms. The lowest BCUT2D eigenvalue weighted by atomic mass is 9.33. The Morgan fingerprint density at radius 1 is 0.632 bits per heavy atom. The smallest absolute Gasteiger partial charge is 0.335 e. The lowest BCUT2D eigenvalue weighted by Crippen LogP contribution is -2.70. The summed E-state index contributed by atoms with van der Waals surface area (Å²) >= 11 is 0. The normalized spacial score (nSPS) is 54.5. The number of hydrogen-bond donors (Lipinski definition) is 11. The first-order valence-corrected chi connectivity index (χ1v) is 24.3. The van der Waals surface area contributed by atoms with Gasteiger partial charge in [0.1, 0.15) is 54.9 Å². The van der Waals surface area contributed by atoms with Crippen LogP contribution in [0.3, 0.4) is 0 Å². The van der Waals surface area contributed by atoms with E-state index in [1.54, 1.807) is 0 Å². The van der Waals surface area contributed by atoms with Gasteiger partial charge in [-0.1, -0.05) is 46.3 Å². The minimum absolute atomic E-state index is 0.0821. The number of allylic oxidation sites excluding steroid dienone is 2. The molecule has 68 heavy (non-hydrogen) atoms. The number of carboxylic acid groups (broad SMARTS) is 2. The molecule has 3 heterocycles. The highest BCUT2D eigenvalue weighted by molar-refractivity contribution is 5.79. The molecule has 4 saturated carbocycles. The number of aliphatic carboxylic acids is 2. The number of rotatable bonds is 8. The number of aliphatic hydroxyl groups excluding tert-OH is 9. The molecule has 20 nitrogen and oxygen atoms in total. The van der Waals surface area contributed by atoms with Gasteiger partial charge in [-0.3, -0.25) is 9.59 Å². The Morgan fingerprint density at radius 2 is 1.21 bits per heavy atom. The van der Waals surface area contributed by atoms with Gasteiger partial charge in [0.25, 0.3) is 0 Å². The van der Waals surface area contributed by atoms with E-state index in [0.717, 1.165) is 5.57 Å². The average Bonchev–Trinajstić information content (AvgIpc) is 3.26. The fourth-order valence-electron chi connectivity index (χ4n) is 15.0. The molecule has 386 valence electrons. The number of carboxylic acids is 2. The third-order valence-corrected chi connectivity index (χ3v) is 19.3. The average molecular weight is 971 g/mol.